The number of benzene rings is 1. The van der Waals surface area contributed by atoms with Crippen LogP contribution in [0.2, 0.25) is 0 Å². The van der Waals surface area contributed by atoms with E-state index in [1.165, 1.54) is 25.5 Å². The molecule has 0 bridgehead atoms. The highest BCUT2D eigenvalue weighted by molar-refractivity contribution is 5.93. The Morgan fingerprint density at radius 2 is 2.12 bits per heavy atom. The van der Waals surface area contributed by atoms with Crippen LogP contribution in [0.25, 0.3) is 16.6 Å². The van der Waals surface area contributed by atoms with Gasteiger partial charge in [-0.3, -0.25) is 4.90 Å². The third kappa shape index (κ3) is 1.99. The minimum absolute atomic E-state index is 0.323. The van der Waals surface area contributed by atoms with E-state index in [-0.39, 0.29) is 5.82 Å². The lowest BCUT2D eigenvalue weighted by Gasteiger charge is -2.37. The molecule has 1 unspecified atom stereocenters. The van der Waals surface area contributed by atoms with E-state index < -0.39 is 0 Å². The third-order valence-corrected chi connectivity index (χ3v) is 5.19. The summed E-state index contributed by atoms with van der Waals surface area (Å²) in [6, 6.07) is 3.94. The maximum absolute atomic E-state index is 14.5. The zero-order chi connectivity index (χ0) is 16.3. The number of halogens is 1. The molecule has 2 aliphatic heterocycles. The SMILES string of the molecule is Cc1cc(F)c2nc(N3CCN4CCCC4C3)n3nnnc3c2c1. The van der Waals surface area contributed by atoms with Crippen molar-refractivity contribution in [3.05, 3.63) is 23.5 Å². The Morgan fingerprint density at radius 1 is 1.21 bits per heavy atom. The molecule has 0 N–H and O–H groups in total. The number of hydrogen-bond donors (Lipinski definition) is 0. The van der Waals surface area contributed by atoms with Gasteiger partial charge in [0.2, 0.25) is 5.95 Å². The van der Waals surface area contributed by atoms with Gasteiger partial charge in [-0.2, -0.15) is 4.52 Å². The summed E-state index contributed by atoms with van der Waals surface area (Å²) in [5.41, 5.74) is 1.73. The molecular formula is C16H18FN7. The summed E-state index contributed by atoms with van der Waals surface area (Å²) in [4.78, 5) is 9.32. The van der Waals surface area contributed by atoms with E-state index in [1.807, 2.05) is 13.0 Å². The van der Waals surface area contributed by atoms with E-state index in [0.29, 0.717) is 28.5 Å². The molecule has 8 heteroatoms. The summed E-state index contributed by atoms with van der Waals surface area (Å²) in [6.45, 7) is 5.79. The molecule has 1 atom stereocenters. The van der Waals surface area contributed by atoms with Gasteiger partial charge in [0.1, 0.15) is 11.3 Å². The number of nitrogens with zero attached hydrogens (tertiary/aromatic N) is 7. The first-order valence-electron chi connectivity index (χ1n) is 8.37. The molecule has 1 aromatic carbocycles. The minimum Gasteiger partial charge on any atom is -0.338 e. The van der Waals surface area contributed by atoms with Gasteiger partial charge in [0.15, 0.2) is 5.65 Å². The number of hydrogen-bond acceptors (Lipinski definition) is 6. The summed E-state index contributed by atoms with van der Waals surface area (Å²) in [6.07, 6.45) is 2.45. The molecule has 2 aliphatic rings. The van der Waals surface area contributed by atoms with Crippen LogP contribution in [0.4, 0.5) is 10.3 Å². The highest BCUT2D eigenvalue weighted by Gasteiger charge is 2.32. The first-order chi connectivity index (χ1) is 11.7. The topological polar surface area (TPSA) is 62.5 Å². The van der Waals surface area contributed by atoms with Gasteiger partial charge in [-0.05, 0) is 54.4 Å². The highest BCUT2D eigenvalue weighted by atomic mass is 19.1. The van der Waals surface area contributed by atoms with Crippen molar-refractivity contribution in [2.75, 3.05) is 31.1 Å². The average Bonchev–Trinajstić information content (AvgIpc) is 3.22. The van der Waals surface area contributed by atoms with Crippen molar-refractivity contribution in [1.82, 2.24) is 29.9 Å². The van der Waals surface area contributed by atoms with Crippen LogP contribution in [-0.2, 0) is 0 Å². The molecule has 2 saturated heterocycles. The highest BCUT2D eigenvalue weighted by Crippen LogP contribution is 2.28. The maximum Gasteiger partial charge on any atom is 0.230 e. The fourth-order valence-electron chi connectivity index (χ4n) is 4.03. The summed E-state index contributed by atoms with van der Waals surface area (Å²) < 4.78 is 16.1. The van der Waals surface area contributed by atoms with Crippen LogP contribution >= 0.6 is 0 Å². The van der Waals surface area contributed by atoms with Crippen molar-refractivity contribution in [2.24, 2.45) is 0 Å². The Kier molecular flexibility index (Phi) is 2.97. The fraction of sp³-hybridized carbons (Fsp3) is 0.500. The van der Waals surface area contributed by atoms with Gasteiger partial charge in [0, 0.05) is 25.7 Å². The van der Waals surface area contributed by atoms with Crippen molar-refractivity contribution >= 4 is 22.5 Å². The van der Waals surface area contributed by atoms with Crippen LogP contribution in [0.3, 0.4) is 0 Å². The van der Waals surface area contributed by atoms with E-state index in [2.05, 4.69) is 30.3 Å². The average molecular weight is 327 g/mol. The van der Waals surface area contributed by atoms with Gasteiger partial charge in [-0.1, -0.05) is 0 Å². The van der Waals surface area contributed by atoms with Crippen LogP contribution in [0, 0.1) is 12.7 Å². The van der Waals surface area contributed by atoms with Crippen LogP contribution in [0.1, 0.15) is 18.4 Å². The van der Waals surface area contributed by atoms with Gasteiger partial charge in [0.25, 0.3) is 0 Å². The van der Waals surface area contributed by atoms with Crippen molar-refractivity contribution in [2.45, 2.75) is 25.8 Å². The lowest BCUT2D eigenvalue weighted by molar-refractivity contribution is 0.229. The maximum atomic E-state index is 14.5. The number of aryl methyl sites for hydroxylation is 1. The standard InChI is InChI=1S/C16H18FN7/c1-10-7-12-14(13(17)8-10)18-16(24-15(12)19-20-21-24)23-6-5-22-4-2-3-11(22)9-23/h7-8,11H,2-6,9H2,1H3. The predicted octanol–water partition coefficient (Wildman–Crippen LogP) is 1.40. The Hall–Kier alpha value is -2.35. The number of fused-ring (bicyclic) bond motifs is 4. The summed E-state index contributed by atoms with van der Waals surface area (Å²) in [5.74, 6) is 0.313. The molecule has 124 valence electrons. The van der Waals surface area contributed by atoms with Crippen LogP contribution < -0.4 is 4.90 Å². The molecular weight excluding hydrogens is 309 g/mol. The molecule has 5 rings (SSSR count). The summed E-state index contributed by atoms with van der Waals surface area (Å²) >= 11 is 0. The lowest BCUT2D eigenvalue weighted by Crippen LogP contribution is -2.51. The second-order valence-electron chi connectivity index (χ2n) is 6.75. The van der Waals surface area contributed by atoms with Crippen LogP contribution in [0.5, 0.6) is 0 Å². The largest absolute Gasteiger partial charge is 0.338 e. The van der Waals surface area contributed by atoms with Gasteiger partial charge >= 0.3 is 0 Å². The van der Waals surface area contributed by atoms with E-state index >= 15 is 0 Å². The first-order valence-corrected chi connectivity index (χ1v) is 8.37. The molecule has 2 fully saturated rings. The fourth-order valence-corrected chi connectivity index (χ4v) is 4.03. The van der Waals surface area contributed by atoms with E-state index in [1.54, 1.807) is 4.52 Å². The Bertz CT molecular complexity index is 937. The van der Waals surface area contributed by atoms with Crippen molar-refractivity contribution in [1.29, 1.82) is 0 Å². The summed E-state index contributed by atoms with van der Waals surface area (Å²) in [7, 11) is 0. The smallest absolute Gasteiger partial charge is 0.230 e. The summed E-state index contributed by atoms with van der Waals surface area (Å²) in [5, 5.41) is 12.7. The minimum atomic E-state index is -0.323. The third-order valence-electron chi connectivity index (χ3n) is 5.19. The van der Waals surface area contributed by atoms with Crippen molar-refractivity contribution < 1.29 is 4.39 Å². The normalized spacial score (nSPS) is 21.8. The molecule has 0 radical (unpaired) electrons. The zero-order valence-electron chi connectivity index (χ0n) is 13.5. The predicted molar refractivity (Wildman–Crippen MR) is 87.6 cm³/mol. The van der Waals surface area contributed by atoms with Gasteiger partial charge in [0.05, 0.1) is 5.39 Å². The molecule has 0 amide bonds. The monoisotopic (exact) mass is 327 g/mol. The van der Waals surface area contributed by atoms with Gasteiger partial charge in [-0.25, -0.2) is 9.37 Å². The Morgan fingerprint density at radius 3 is 3.04 bits per heavy atom. The van der Waals surface area contributed by atoms with Crippen LogP contribution in [-0.4, -0.2) is 62.1 Å². The van der Waals surface area contributed by atoms with E-state index in [0.717, 1.165) is 25.2 Å². The van der Waals surface area contributed by atoms with Gasteiger partial charge < -0.3 is 4.90 Å². The number of piperazine rings is 1. The van der Waals surface area contributed by atoms with Crippen molar-refractivity contribution in [3.8, 4) is 0 Å². The van der Waals surface area contributed by atoms with Crippen LogP contribution in [0.15, 0.2) is 12.1 Å². The Balaban J connectivity index is 1.68. The number of tetrazole rings is 1. The molecule has 2 aromatic heterocycles. The first kappa shape index (κ1) is 14.0. The quantitative estimate of drug-likeness (QED) is 0.673. The molecule has 7 nitrogen and oxygen atoms in total. The number of rotatable bonds is 1. The molecule has 0 saturated carbocycles. The molecule has 0 aliphatic carbocycles. The molecule has 4 heterocycles. The lowest BCUT2D eigenvalue weighted by atomic mass is 10.1. The van der Waals surface area contributed by atoms with E-state index in [4.69, 9.17) is 0 Å². The van der Waals surface area contributed by atoms with Gasteiger partial charge in [-0.15, -0.1) is 5.10 Å². The molecule has 3 aromatic rings. The number of aromatic nitrogens is 5. The molecule has 24 heavy (non-hydrogen) atoms. The zero-order valence-corrected chi connectivity index (χ0v) is 13.5. The van der Waals surface area contributed by atoms with Crippen molar-refractivity contribution in [3.63, 3.8) is 0 Å². The molecule has 0 spiro atoms. The number of anilines is 1. The van der Waals surface area contributed by atoms with E-state index in [9.17, 15) is 4.39 Å². The second kappa shape index (κ2) is 5.07. The Labute approximate surface area is 138 Å². The second-order valence-corrected chi connectivity index (χ2v) is 6.75.